The molecule has 2 aromatic carbocycles. The minimum absolute atomic E-state index is 0.0234. The summed E-state index contributed by atoms with van der Waals surface area (Å²) in [7, 11) is 1.66. The van der Waals surface area contributed by atoms with Gasteiger partial charge in [-0.3, -0.25) is 4.79 Å². The van der Waals surface area contributed by atoms with Crippen LogP contribution >= 0.6 is 0 Å². The molecule has 0 aliphatic heterocycles. The summed E-state index contributed by atoms with van der Waals surface area (Å²) in [5.41, 5.74) is 2.27. The Morgan fingerprint density at radius 2 is 1.74 bits per heavy atom. The SMILES string of the molecule is CCC(NCc1ccc(OCc2ccccc2)cc1)C(=O)NC. The van der Waals surface area contributed by atoms with Gasteiger partial charge >= 0.3 is 0 Å². The number of amides is 1. The molecule has 2 aromatic rings. The van der Waals surface area contributed by atoms with Gasteiger partial charge < -0.3 is 15.4 Å². The van der Waals surface area contributed by atoms with Crippen LogP contribution in [0.25, 0.3) is 0 Å². The molecule has 1 atom stereocenters. The van der Waals surface area contributed by atoms with Crippen molar-refractivity contribution in [2.24, 2.45) is 0 Å². The summed E-state index contributed by atoms with van der Waals surface area (Å²) in [6.45, 7) is 3.21. The average molecular weight is 312 g/mol. The van der Waals surface area contributed by atoms with E-state index < -0.39 is 0 Å². The van der Waals surface area contributed by atoms with Crippen LogP contribution in [0.1, 0.15) is 24.5 Å². The highest BCUT2D eigenvalue weighted by Crippen LogP contribution is 2.14. The molecule has 0 radical (unpaired) electrons. The fourth-order valence-electron chi connectivity index (χ4n) is 2.28. The molecule has 0 bridgehead atoms. The average Bonchev–Trinajstić information content (AvgIpc) is 2.62. The normalized spacial score (nSPS) is 11.7. The molecule has 0 fully saturated rings. The first-order valence-electron chi connectivity index (χ1n) is 7.93. The zero-order valence-corrected chi connectivity index (χ0v) is 13.7. The summed E-state index contributed by atoms with van der Waals surface area (Å²) >= 11 is 0. The number of carbonyl (C=O) groups excluding carboxylic acids is 1. The van der Waals surface area contributed by atoms with Crippen LogP contribution in [0.15, 0.2) is 54.6 Å². The lowest BCUT2D eigenvalue weighted by Gasteiger charge is -2.15. The monoisotopic (exact) mass is 312 g/mol. The predicted molar refractivity (Wildman–Crippen MR) is 92.2 cm³/mol. The highest BCUT2D eigenvalue weighted by molar-refractivity contribution is 5.81. The van der Waals surface area contributed by atoms with Crippen molar-refractivity contribution in [3.8, 4) is 5.75 Å². The molecule has 4 nitrogen and oxygen atoms in total. The zero-order valence-electron chi connectivity index (χ0n) is 13.7. The molecule has 1 amide bonds. The predicted octanol–water partition coefficient (Wildman–Crippen LogP) is 2.88. The third kappa shape index (κ3) is 5.42. The van der Waals surface area contributed by atoms with Gasteiger partial charge in [0.15, 0.2) is 0 Å². The largest absolute Gasteiger partial charge is 0.489 e. The summed E-state index contributed by atoms with van der Waals surface area (Å²) < 4.78 is 5.76. The van der Waals surface area contributed by atoms with Crippen molar-refractivity contribution < 1.29 is 9.53 Å². The Kier molecular flexibility index (Phi) is 6.63. The Hall–Kier alpha value is -2.33. The molecule has 2 rings (SSSR count). The van der Waals surface area contributed by atoms with E-state index in [9.17, 15) is 4.79 Å². The fraction of sp³-hybridized carbons (Fsp3) is 0.316. The summed E-state index contributed by atoms with van der Waals surface area (Å²) in [5, 5.41) is 5.93. The number of hydrogen-bond acceptors (Lipinski definition) is 3. The number of nitrogens with one attached hydrogen (secondary N) is 2. The molecule has 2 N–H and O–H groups in total. The Morgan fingerprint density at radius 1 is 1.04 bits per heavy atom. The van der Waals surface area contributed by atoms with Gasteiger partial charge in [0, 0.05) is 13.6 Å². The number of rotatable bonds is 8. The standard InChI is InChI=1S/C19H24N2O2/c1-3-18(19(22)20-2)21-13-15-9-11-17(12-10-15)23-14-16-7-5-4-6-8-16/h4-12,18,21H,3,13-14H2,1-2H3,(H,20,22). The van der Waals surface area contributed by atoms with Gasteiger partial charge in [-0.2, -0.15) is 0 Å². The molecule has 4 heteroatoms. The Labute approximate surface area is 137 Å². The number of hydrogen-bond donors (Lipinski definition) is 2. The maximum absolute atomic E-state index is 11.6. The minimum Gasteiger partial charge on any atom is -0.489 e. The van der Waals surface area contributed by atoms with Gasteiger partial charge in [0.2, 0.25) is 5.91 Å². The van der Waals surface area contributed by atoms with E-state index in [1.807, 2.05) is 61.5 Å². The van der Waals surface area contributed by atoms with Crippen LogP contribution in [0, 0.1) is 0 Å². The highest BCUT2D eigenvalue weighted by atomic mass is 16.5. The van der Waals surface area contributed by atoms with Gasteiger partial charge in [0.1, 0.15) is 12.4 Å². The second kappa shape index (κ2) is 8.96. The van der Waals surface area contributed by atoms with E-state index in [1.54, 1.807) is 7.05 Å². The van der Waals surface area contributed by atoms with Gasteiger partial charge in [0.25, 0.3) is 0 Å². The molecular formula is C19H24N2O2. The van der Waals surface area contributed by atoms with Crippen molar-refractivity contribution in [3.05, 3.63) is 65.7 Å². The van der Waals surface area contributed by atoms with Crippen LogP contribution in [-0.4, -0.2) is 19.0 Å². The van der Waals surface area contributed by atoms with Crippen LogP contribution in [-0.2, 0) is 17.9 Å². The Balaban J connectivity index is 1.83. The lowest BCUT2D eigenvalue weighted by Crippen LogP contribution is -2.41. The molecule has 0 saturated carbocycles. The highest BCUT2D eigenvalue weighted by Gasteiger charge is 2.13. The van der Waals surface area contributed by atoms with Crippen LogP contribution in [0.3, 0.4) is 0 Å². The summed E-state index contributed by atoms with van der Waals surface area (Å²) in [4.78, 5) is 11.6. The molecule has 0 saturated heterocycles. The summed E-state index contributed by atoms with van der Waals surface area (Å²) in [6.07, 6.45) is 0.762. The maximum Gasteiger partial charge on any atom is 0.236 e. The van der Waals surface area contributed by atoms with Crippen LogP contribution in [0.4, 0.5) is 0 Å². The topological polar surface area (TPSA) is 50.4 Å². The molecule has 0 aliphatic carbocycles. The van der Waals surface area contributed by atoms with Crippen molar-refractivity contribution in [3.63, 3.8) is 0 Å². The Bertz CT molecular complexity index is 597. The smallest absolute Gasteiger partial charge is 0.236 e. The van der Waals surface area contributed by atoms with Crippen molar-refractivity contribution in [1.29, 1.82) is 0 Å². The van der Waals surface area contributed by atoms with Crippen LogP contribution in [0.2, 0.25) is 0 Å². The molecular weight excluding hydrogens is 288 g/mol. The molecule has 0 aromatic heterocycles. The summed E-state index contributed by atoms with van der Waals surface area (Å²) in [6, 6.07) is 17.9. The number of benzene rings is 2. The van der Waals surface area contributed by atoms with Crippen molar-refractivity contribution in [1.82, 2.24) is 10.6 Å². The van der Waals surface area contributed by atoms with Gasteiger partial charge in [-0.25, -0.2) is 0 Å². The molecule has 0 spiro atoms. The summed E-state index contributed by atoms with van der Waals surface area (Å²) in [5.74, 6) is 0.867. The second-order valence-electron chi connectivity index (χ2n) is 5.37. The lowest BCUT2D eigenvalue weighted by atomic mass is 10.1. The van der Waals surface area contributed by atoms with Gasteiger partial charge in [-0.15, -0.1) is 0 Å². The van der Waals surface area contributed by atoms with Gasteiger partial charge in [-0.05, 0) is 29.7 Å². The quantitative estimate of drug-likeness (QED) is 0.788. The van der Waals surface area contributed by atoms with Crippen molar-refractivity contribution in [2.75, 3.05) is 7.05 Å². The first kappa shape index (κ1) is 17.0. The lowest BCUT2D eigenvalue weighted by molar-refractivity contribution is -0.122. The molecule has 1 unspecified atom stereocenters. The number of ether oxygens (including phenoxy) is 1. The van der Waals surface area contributed by atoms with E-state index in [2.05, 4.69) is 10.6 Å². The van der Waals surface area contributed by atoms with Gasteiger partial charge in [-0.1, -0.05) is 49.4 Å². The second-order valence-corrected chi connectivity index (χ2v) is 5.37. The van der Waals surface area contributed by atoms with Crippen LogP contribution < -0.4 is 15.4 Å². The van der Waals surface area contributed by atoms with Crippen molar-refractivity contribution >= 4 is 5.91 Å². The van der Waals surface area contributed by atoms with E-state index in [1.165, 1.54) is 0 Å². The first-order valence-corrected chi connectivity index (χ1v) is 7.93. The fourth-order valence-corrected chi connectivity index (χ4v) is 2.28. The van der Waals surface area contributed by atoms with E-state index in [0.717, 1.165) is 23.3 Å². The molecule has 0 heterocycles. The Morgan fingerprint density at radius 3 is 2.35 bits per heavy atom. The third-order valence-electron chi connectivity index (χ3n) is 3.70. The molecule has 122 valence electrons. The number of carbonyl (C=O) groups is 1. The van der Waals surface area contributed by atoms with E-state index in [0.29, 0.717) is 13.2 Å². The zero-order chi connectivity index (χ0) is 16.5. The molecule has 0 aliphatic rings. The first-order chi connectivity index (χ1) is 11.2. The van der Waals surface area contributed by atoms with Gasteiger partial charge in [0.05, 0.1) is 6.04 Å². The minimum atomic E-state index is -0.158. The van der Waals surface area contributed by atoms with E-state index >= 15 is 0 Å². The van der Waals surface area contributed by atoms with Crippen molar-refractivity contribution in [2.45, 2.75) is 32.5 Å². The molecule has 23 heavy (non-hydrogen) atoms. The van der Waals surface area contributed by atoms with Crippen LogP contribution in [0.5, 0.6) is 5.75 Å². The maximum atomic E-state index is 11.6. The van der Waals surface area contributed by atoms with E-state index in [4.69, 9.17) is 4.74 Å². The third-order valence-corrected chi connectivity index (χ3v) is 3.70. The van der Waals surface area contributed by atoms with E-state index in [-0.39, 0.29) is 11.9 Å². The number of likely N-dealkylation sites (N-methyl/N-ethyl adjacent to an activating group) is 1.